The van der Waals surface area contributed by atoms with Gasteiger partial charge in [-0.15, -0.1) is 0 Å². The second-order valence-electron chi connectivity index (χ2n) is 9.13. The number of hydrogen-bond acceptors (Lipinski definition) is 4. The highest BCUT2D eigenvalue weighted by atomic mass is 32.2. The van der Waals surface area contributed by atoms with Crippen LogP contribution in [-0.4, -0.2) is 49.5 Å². The molecule has 0 bridgehead atoms. The number of benzene rings is 2. The Morgan fingerprint density at radius 2 is 1.64 bits per heavy atom. The molecule has 2 aromatic carbocycles. The number of aryl methyl sites for hydroxylation is 1. The molecule has 33 heavy (non-hydrogen) atoms. The molecule has 2 amide bonds. The molecule has 0 fully saturated rings. The van der Waals surface area contributed by atoms with Crippen molar-refractivity contribution in [1.29, 1.82) is 0 Å². The van der Waals surface area contributed by atoms with Crippen LogP contribution in [0.4, 0.5) is 10.1 Å². The van der Waals surface area contributed by atoms with Gasteiger partial charge in [0.05, 0.1) is 11.9 Å². The molecule has 0 unspecified atom stereocenters. The molecule has 0 saturated carbocycles. The average Bonchev–Trinajstić information content (AvgIpc) is 2.69. The number of carbonyl (C=O) groups is 2. The summed E-state index contributed by atoms with van der Waals surface area (Å²) >= 11 is 0. The van der Waals surface area contributed by atoms with Crippen LogP contribution in [0.1, 0.15) is 38.8 Å². The van der Waals surface area contributed by atoms with Crippen LogP contribution in [0.5, 0.6) is 0 Å². The fourth-order valence-electron chi connectivity index (χ4n) is 3.19. The molecule has 2 rings (SSSR count). The van der Waals surface area contributed by atoms with E-state index in [-0.39, 0.29) is 12.1 Å². The summed E-state index contributed by atoms with van der Waals surface area (Å²) in [5.41, 5.74) is 0.947. The summed E-state index contributed by atoms with van der Waals surface area (Å²) in [7, 11) is -3.80. The molecule has 180 valence electrons. The lowest BCUT2D eigenvalue weighted by atomic mass is 10.1. The topological polar surface area (TPSA) is 86.8 Å². The first-order valence-electron chi connectivity index (χ1n) is 10.6. The highest BCUT2D eigenvalue weighted by molar-refractivity contribution is 7.92. The minimum atomic E-state index is -3.80. The van der Waals surface area contributed by atoms with E-state index in [9.17, 15) is 22.4 Å². The van der Waals surface area contributed by atoms with Crippen LogP contribution in [0.3, 0.4) is 0 Å². The van der Waals surface area contributed by atoms with Crippen molar-refractivity contribution in [1.82, 2.24) is 10.2 Å². The van der Waals surface area contributed by atoms with Crippen molar-refractivity contribution in [2.45, 2.75) is 52.7 Å². The number of rotatable bonds is 8. The van der Waals surface area contributed by atoms with Gasteiger partial charge in [-0.3, -0.25) is 13.9 Å². The molecular formula is C24H32FN3O4S. The number of anilines is 1. The van der Waals surface area contributed by atoms with E-state index in [1.807, 2.05) is 27.7 Å². The molecule has 0 aliphatic heterocycles. The van der Waals surface area contributed by atoms with Gasteiger partial charge in [0.1, 0.15) is 18.4 Å². The summed E-state index contributed by atoms with van der Waals surface area (Å²) in [6.07, 6.45) is 1.01. The van der Waals surface area contributed by atoms with E-state index in [2.05, 4.69) is 5.32 Å². The highest BCUT2D eigenvalue weighted by Gasteiger charge is 2.31. The smallest absolute Gasteiger partial charge is 0.244 e. The van der Waals surface area contributed by atoms with Gasteiger partial charge in [-0.25, -0.2) is 12.8 Å². The largest absolute Gasteiger partial charge is 0.350 e. The summed E-state index contributed by atoms with van der Waals surface area (Å²) in [6.45, 7) is 8.12. The first kappa shape index (κ1) is 26.3. The van der Waals surface area contributed by atoms with Crippen molar-refractivity contribution in [2.75, 3.05) is 17.1 Å². The molecule has 9 heteroatoms. The maximum atomic E-state index is 14.4. The predicted octanol–water partition coefficient (Wildman–Crippen LogP) is 3.23. The summed E-state index contributed by atoms with van der Waals surface area (Å²) < 4.78 is 40.3. The van der Waals surface area contributed by atoms with Crippen molar-refractivity contribution >= 4 is 27.5 Å². The monoisotopic (exact) mass is 477 g/mol. The molecule has 0 spiro atoms. The van der Waals surface area contributed by atoms with Crippen molar-refractivity contribution in [2.24, 2.45) is 0 Å². The van der Waals surface area contributed by atoms with Gasteiger partial charge in [0.25, 0.3) is 0 Å². The van der Waals surface area contributed by atoms with E-state index in [4.69, 9.17) is 0 Å². The standard InChI is InChI=1S/C24H32FN3O4S/c1-17-11-13-20(14-12-17)28(33(6,31)32)16-22(29)27(15-19-9-7-8-10-21(19)25)18(2)23(30)26-24(3,4)5/h7-14,18H,15-16H2,1-6H3,(H,26,30)/t18-/m1/s1. The van der Waals surface area contributed by atoms with Gasteiger partial charge in [-0.2, -0.15) is 0 Å². The van der Waals surface area contributed by atoms with Gasteiger partial charge in [0.2, 0.25) is 21.8 Å². The maximum Gasteiger partial charge on any atom is 0.244 e. The van der Waals surface area contributed by atoms with E-state index in [0.29, 0.717) is 5.69 Å². The molecule has 1 atom stereocenters. The zero-order valence-electron chi connectivity index (χ0n) is 19.9. The third-order valence-electron chi connectivity index (χ3n) is 4.97. The fraction of sp³-hybridized carbons (Fsp3) is 0.417. The number of carbonyl (C=O) groups excluding carboxylic acids is 2. The molecule has 0 radical (unpaired) electrons. The maximum absolute atomic E-state index is 14.4. The Kier molecular flexibility index (Phi) is 8.24. The molecule has 0 aliphatic carbocycles. The molecule has 7 nitrogen and oxygen atoms in total. The minimum absolute atomic E-state index is 0.185. The van der Waals surface area contributed by atoms with Gasteiger partial charge < -0.3 is 10.2 Å². The first-order chi connectivity index (χ1) is 15.2. The zero-order chi connectivity index (χ0) is 25.0. The van der Waals surface area contributed by atoms with Crippen molar-refractivity contribution < 1.29 is 22.4 Å². The van der Waals surface area contributed by atoms with E-state index in [1.54, 1.807) is 30.3 Å². The SMILES string of the molecule is Cc1ccc(N(CC(=O)N(Cc2ccccc2F)[C@H](C)C(=O)NC(C)(C)C)S(C)(=O)=O)cc1. The highest BCUT2D eigenvalue weighted by Crippen LogP contribution is 2.20. The van der Waals surface area contributed by atoms with E-state index in [0.717, 1.165) is 16.1 Å². The number of amides is 2. The summed E-state index contributed by atoms with van der Waals surface area (Å²) in [5, 5.41) is 2.82. The average molecular weight is 478 g/mol. The van der Waals surface area contributed by atoms with Crippen LogP contribution in [0, 0.1) is 12.7 Å². The van der Waals surface area contributed by atoms with Gasteiger partial charge >= 0.3 is 0 Å². The molecule has 0 heterocycles. The van der Waals surface area contributed by atoms with Crippen LogP contribution in [0.2, 0.25) is 0 Å². The molecule has 0 aromatic heterocycles. The van der Waals surface area contributed by atoms with Gasteiger partial charge in [-0.05, 0) is 52.8 Å². The van der Waals surface area contributed by atoms with Crippen LogP contribution >= 0.6 is 0 Å². The molecule has 0 saturated heterocycles. The Labute approximate surface area is 195 Å². The van der Waals surface area contributed by atoms with Crippen molar-refractivity contribution in [3.05, 3.63) is 65.5 Å². The van der Waals surface area contributed by atoms with Crippen molar-refractivity contribution in [3.8, 4) is 0 Å². The Morgan fingerprint density at radius 1 is 1.06 bits per heavy atom. The molecular weight excluding hydrogens is 445 g/mol. The van der Waals surface area contributed by atoms with Crippen LogP contribution in [-0.2, 0) is 26.2 Å². The van der Waals surface area contributed by atoms with E-state index >= 15 is 0 Å². The Bertz CT molecular complexity index is 1100. The lowest BCUT2D eigenvalue weighted by Crippen LogP contribution is -2.54. The predicted molar refractivity (Wildman–Crippen MR) is 128 cm³/mol. The Balaban J connectivity index is 2.41. The number of nitrogens with zero attached hydrogens (tertiary/aromatic N) is 2. The number of halogens is 1. The summed E-state index contributed by atoms with van der Waals surface area (Å²) in [6, 6.07) is 11.7. The molecule has 0 aliphatic rings. The molecule has 2 aromatic rings. The third-order valence-corrected chi connectivity index (χ3v) is 6.11. The van der Waals surface area contributed by atoms with Gasteiger partial charge in [0.15, 0.2) is 0 Å². The number of hydrogen-bond donors (Lipinski definition) is 1. The van der Waals surface area contributed by atoms with Crippen LogP contribution in [0.15, 0.2) is 48.5 Å². The normalized spacial score (nSPS) is 12.7. The van der Waals surface area contributed by atoms with Crippen molar-refractivity contribution in [3.63, 3.8) is 0 Å². The first-order valence-corrected chi connectivity index (χ1v) is 12.4. The number of sulfonamides is 1. The van der Waals surface area contributed by atoms with Gasteiger partial charge in [0, 0.05) is 17.6 Å². The molecule has 1 N–H and O–H groups in total. The summed E-state index contributed by atoms with van der Waals surface area (Å²) in [4.78, 5) is 27.4. The lowest BCUT2D eigenvalue weighted by molar-refractivity contribution is -0.140. The number of nitrogens with one attached hydrogen (secondary N) is 1. The Hall–Kier alpha value is -2.94. The van der Waals surface area contributed by atoms with E-state index < -0.39 is 45.8 Å². The van der Waals surface area contributed by atoms with Gasteiger partial charge in [-0.1, -0.05) is 35.9 Å². The van der Waals surface area contributed by atoms with E-state index in [1.165, 1.54) is 30.0 Å². The fourth-order valence-corrected chi connectivity index (χ4v) is 4.04. The lowest BCUT2D eigenvalue weighted by Gasteiger charge is -2.33. The zero-order valence-corrected chi connectivity index (χ0v) is 20.7. The minimum Gasteiger partial charge on any atom is -0.350 e. The third kappa shape index (κ3) is 7.56. The Morgan fingerprint density at radius 3 is 2.15 bits per heavy atom. The quantitative estimate of drug-likeness (QED) is 0.633. The second-order valence-corrected chi connectivity index (χ2v) is 11.0. The van der Waals surface area contributed by atoms with Crippen LogP contribution < -0.4 is 9.62 Å². The second kappa shape index (κ2) is 10.3. The van der Waals surface area contributed by atoms with Crippen LogP contribution in [0.25, 0.3) is 0 Å². The summed E-state index contributed by atoms with van der Waals surface area (Å²) in [5.74, 6) is -1.56.